The minimum Gasteiger partial charge on any atom is -0.331 e. The van der Waals surface area contributed by atoms with Crippen molar-refractivity contribution in [2.75, 3.05) is 0 Å². The van der Waals surface area contributed by atoms with Crippen LogP contribution < -0.4 is 0 Å². The third-order valence-electron chi connectivity index (χ3n) is 4.10. The summed E-state index contributed by atoms with van der Waals surface area (Å²) in [4.78, 5) is 19.2. The molecule has 1 unspecified atom stereocenters. The highest BCUT2D eigenvalue weighted by Crippen LogP contribution is 2.34. The number of carbonyl (C=O) groups excluding carboxylic acids is 1. The number of nitrogens with zero attached hydrogens (tertiary/aromatic N) is 2. The lowest BCUT2D eigenvalue weighted by molar-refractivity contribution is -0.133. The highest BCUT2D eigenvalue weighted by Gasteiger charge is 2.36. The van der Waals surface area contributed by atoms with E-state index >= 15 is 0 Å². The number of hydrogen-bond acceptors (Lipinski definition) is 2. The van der Waals surface area contributed by atoms with E-state index in [2.05, 4.69) is 4.98 Å². The molecule has 3 nitrogen and oxygen atoms in total. The van der Waals surface area contributed by atoms with E-state index in [-0.39, 0.29) is 11.9 Å². The third-order valence-corrected chi connectivity index (χ3v) is 4.84. The average Bonchev–Trinajstić information content (AvgIpc) is 3.37. The quantitative estimate of drug-likeness (QED) is 0.785. The zero-order chi connectivity index (χ0) is 16.4. The topological polar surface area (TPSA) is 33.2 Å². The van der Waals surface area contributed by atoms with Gasteiger partial charge in [-0.2, -0.15) is 0 Å². The number of hydrogen-bond donors (Lipinski definition) is 0. The molecule has 120 valence electrons. The van der Waals surface area contributed by atoms with Crippen LogP contribution in [0.3, 0.4) is 0 Å². The van der Waals surface area contributed by atoms with E-state index in [0.717, 1.165) is 24.1 Å². The van der Waals surface area contributed by atoms with Crippen LogP contribution in [-0.2, 0) is 11.2 Å². The van der Waals surface area contributed by atoms with Gasteiger partial charge in [-0.15, -0.1) is 0 Å². The Kier molecular flexibility index (Phi) is 4.88. The predicted molar refractivity (Wildman–Crippen MR) is 92.7 cm³/mol. The summed E-state index contributed by atoms with van der Waals surface area (Å²) in [6, 6.07) is 11.4. The van der Waals surface area contributed by atoms with Gasteiger partial charge in [0.15, 0.2) is 0 Å². The van der Waals surface area contributed by atoms with E-state index in [1.807, 2.05) is 36.1 Å². The molecular formula is C18H18Cl2N2O. The van der Waals surface area contributed by atoms with Crippen LogP contribution in [0.1, 0.15) is 37.1 Å². The second-order valence-corrected chi connectivity index (χ2v) is 6.70. The number of aromatic nitrogens is 1. The van der Waals surface area contributed by atoms with Gasteiger partial charge < -0.3 is 4.90 Å². The Labute approximate surface area is 146 Å². The number of amides is 1. The molecule has 0 bridgehead atoms. The van der Waals surface area contributed by atoms with Crippen LogP contribution in [0.5, 0.6) is 0 Å². The van der Waals surface area contributed by atoms with Crippen LogP contribution in [0.4, 0.5) is 0 Å². The lowest BCUT2D eigenvalue weighted by atomic mass is 10.1. The predicted octanol–water partition coefficient (Wildman–Crippen LogP) is 4.68. The van der Waals surface area contributed by atoms with Crippen molar-refractivity contribution in [3.05, 3.63) is 63.9 Å². The molecule has 1 aromatic carbocycles. The van der Waals surface area contributed by atoms with Crippen LogP contribution in [0.15, 0.2) is 42.6 Å². The third kappa shape index (κ3) is 3.85. The molecule has 0 aliphatic heterocycles. The van der Waals surface area contributed by atoms with Crippen LogP contribution in [0.25, 0.3) is 0 Å². The molecule has 5 heteroatoms. The molecule has 0 radical (unpaired) electrons. The molecule has 1 saturated carbocycles. The average molecular weight is 349 g/mol. The Balaban J connectivity index is 1.78. The maximum atomic E-state index is 12.8. The highest BCUT2D eigenvalue weighted by molar-refractivity contribution is 6.42. The van der Waals surface area contributed by atoms with E-state index < -0.39 is 0 Å². The van der Waals surface area contributed by atoms with Crippen molar-refractivity contribution in [2.24, 2.45) is 0 Å². The fourth-order valence-electron chi connectivity index (χ4n) is 2.77. The molecule has 2 aromatic rings. The van der Waals surface area contributed by atoms with Gasteiger partial charge in [-0.3, -0.25) is 9.78 Å². The smallest absolute Gasteiger partial charge is 0.227 e. The molecule has 23 heavy (non-hydrogen) atoms. The number of halogens is 2. The minimum atomic E-state index is -0.0287. The maximum Gasteiger partial charge on any atom is 0.227 e. The standard InChI is InChI=1S/C18H18Cl2N2O/c1-12(17-4-2-3-9-21-17)22(14-6-7-14)18(23)11-13-5-8-15(19)16(20)10-13/h2-5,8-10,12,14H,6-7,11H2,1H3. The molecule has 0 N–H and O–H groups in total. The number of carbonyl (C=O) groups is 1. The second kappa shape index (κ2) is 6.90. The fraction of sp³-hybridized carbons (Fsp3) is 0.333. The summed E-state index contributed by atoms with van der Waals surface area (Å²) in [5.74, 6) is 0.101. The summed E-state index contributed by atoms with van der Waals surface area (Å²) in [7, 11) is 0. The fourth-order valence-corrected chi connectivity index (χ4v) is 3.09. The Hall–Kier alpha value is -1.58. The highest BCUT2D eigenvalue weighted by atomic mass is 35.5. The van der Waals surface area contributed by atoms with Gasteiger partial charge in [0.2, 0.25) is 5.91 Å². The molecule has 0 spiro atoms. The first-order valence-electron chi connectivity index (χ1n) is 7.72. The molecular weight excluding hydrogens is 331 g/mol. The van der Waals surface area contributed by atoms with Crippen LogP contribution in [0.2, 0.25) is 10.0 Å². The van der Waals surface area contributed by atoms with Crippen LogP contribution in [0, 0.1) is 0 Å². The summed E-state index contributed by atoms with van der Waals surface area (Å²) in [5, 5.41) is 0.983. The van der Waals surface area contributed by atoms with Gasteiger partial charge in [0.1, 0.15) is 0 Å². The van der Waals surface area contributed by atoms with Gasteiger partial charge >= 0.3 is 0 Å². The summed E-state index contributed by atoms with van der Waals surface area (Å²) in [6.07, 6.45) is 4.21. The van der Waals surface area contributed by atoms with Gasteiger partial charge in [0.05, 0.1) is 28.2 Å². The summed E-state index contributed by atoms with van der Waals surface area (Å²) < 4.78 is 0. The molecule has 1 aliphatic rings. The maximum absolute atomic E-state index is 12.8. The molecule has 1 heterocycles. The van der Waals surface area contributed by atoms with Crippen molar-refractivity contribution < 1.29 is 4.79 Å². The molecule has 1 atom stereocenters. The monoisotopic (exact) mass is 348 g/mol. The van der Waals surface area contributed by atoms with Crippen molar-refractivity contribution in [1.82, 2.24) is 9.88 Å². The van der Waals surface area contributed by atoms with Crippen LogP contribution in [-0.4, -0.2) is 21.8 Å². The number of rotatable bonds is 5. The van der Waals surface area contributed by atoms with Gasteiger partial charge in [-0.1, -0.05) is 35.3 Å². The van der Waals surface area contributed by atoms with E-state index in [4.69, 9.17) is 23.2 Å². The number of benzene rings is 1. The first kappa shape index (κ1) is 16.3. The number of pyridine rings is 1. The molecule has 1 fully saturated rings. The van der Waals surface area contributed by atoms with E-state index in [1.165, 1.54) is 0 Å². The molecule has 1 aliphatic carbocycles. The Morgan fingerprint density at radius 1 is 1.26 bits per heavy atom. The van der Waals surface area contributed by atoms with Crippen molar-refractivity contribution in [3.63, 3.8) is 0 Å². The lowest BCUT2D eigenvalue weighted by Crippen LogP contribution is -2.37. The van der Waals surface area contributed by atoms with Crippen molar-refractivity contribution in [1.29, 1.82) is 0 Å². The van der Waals surface area contributed by atoms with Crippen molar-refractivity contribution >= 4 is 29.1 Å². The van der Waals surface area contributed by atoms with Crippen molar-refractivity contribution in [2.45, 2.75) is 38.3 Å². The molecule has 1 aromatic heterocycles. The van der Waals surface area contributed by atoms with Gasteiger partial charge in [0.25, 0.3) is 0 Å². The largest absolute Gasteiger partial charge is 0.331 e. The van der Waals surface area contributed by atoms with Crippen molar-refractivity contribution in [3.8, 4) is 0 Å². The second-order valence-electron chi connectivity index (χ2n) is 5.89. The van der Waals surface area contributed by atoms with Gasteiger partial charge in [0, 0.05) is 12.2 Å². The van der Waals surface area contributed by atoms with Gasteiger partial charge in [-0.05, 0) is 49.6 Å². The Bertz CT molecular complexity index is 701. The van der Waals surface area contributed by atoms with E-state index in [1.54, 1.807) is 18.3 Å². The van der Waals surface area contributed by atoms with E-state index in [9.17, 15) is 4.79 Å². The molecule has 0 saturated heterocycles. The summed E-state index contributed by atoms with van der Waals surface area (Å²) in [6.45, 7) is 2.04. The molecule has 3 rings (SSSR count). The minimum absolute atomic E-state index is 0.0287. The first-order valence-corrected chi connectivity index (χ1v) is 8.48. The normalized spacial score (nSPS) is 15.3. The molecule has 1 amide bonds. The SMILES string of the molecule is CC(c1ccccn1)N(C(=O)Cc1ccc(Cl)c(Cl)c1)C1CC1. The Morgan fingerprint density at radius 2 is 2.04 bits per heavy atom. The first-order chi connectivity index (χ1) is 11.1. The van der Waals surface area contributed by atoms with Crippen LogP contribution >= 0.6 is 23.2 Å². The van der Waals surface area contributed by atoms with Gasteiger partial charge in [-0.25, -0.2) is 0 Å². The zero-order valence-electron chi connectivity index (χ0n) is 12.9. The summed E-state index contributed by atoms with van der Waals surface area (Å²) in [5.41, 5.74) is 1.80. The summed E-state index contributed by atoms with van der Waals surface area (Å²) >= 11 is 12.0. The Morgan fingerprint density at radius 3 is 2.65 bits per heavy atom. The lowest BCUT2D eigenvalue weighted by Gasteiger charge is -2.29. The van der Waals surface area contributed by atoms with E-state index in [0.29, 0.717) is 22.5 Å². The zero-order valence-corrected chi connectivity index (χ0v) is 14.4.